The SMILES string of the molecule is COCCN(C(=O)c1cc(F)ccc1N)C1CC1. The first kappa shape index (κ1) is 12.8. The average molecular weight is 252 g/mol. The zero-order valence-electron chi connectivity index (χ0n) is 10.4. The smallest absolute Gasteiger partial charge is 0.256 e. The predicted molar refractivity (Wildman–Crippen MR) is 66.7 cm³/mol. The second-order valence-corrected chi connectivity index (χ2v) is 4.45. The fourth-order valence-corrected chi connectivity index (χ4v) is 1.89. The molecule has 18 heavy (non-hydrogen) atoms. The Morgan fingerprint density at radius 1 is 1.56 bits per heavy atom. The van der Waals surface area contributed by atoms with Crippen LogP contribution in [0.25, 0.3) is 0 Å². The summed E-state index contributed by atoms with van der Waals surface area (Å²) in [4.78, 5) is 14.0. The van der Waals surface area contributed by atoms with E-state index in [9.17, 15) is 9.18 Å². The van der Waals surface area contributed by atoms with Gasteiger partial charge in [-0.3, -0.25) is 4.79 Å². The number of rotatable bonds is 5. The van der Waals surface area contributed by atoms with Crippen LogP contribution < -0.4 is 5.73 Å². The maximum Gasteiger partial charge on any atom is 0.256 e. The van der Waals surface area contributed by atoms with Crippen LogP contribution in [-0.4, -0.2) is 37.1 Å². The maximum atomic E-state index is 13.2. The van der Waals surface area contributed by atoms with Crippen LogP contribution in [0.3, 0.4) is 0 Å². The number of nitrogens with two attached hydrogens (primary N) is 1. The van der Waals surface area contributed by atoms with Gasteiger partial charge in [-0.1, -0.05) is 0 Å². The van der Waals surface area contributed by atoms with Gasteiger partial charge in [0.2, 0.25) is 0 Å². The number of halogens is 1. The summed E-state index contributed by atoms with van der Waals surface area (Å²) in [6.07, 6.45) is 1.98. The normalized spacial score (nSPS) is 14.6. The molecule has 5 heteroatoms. The Morgan fingerprint density at radius 3 is 2.89 bits per heavy atom. The summed E-state index contributed by atoms with van der Waals surface area (Å²) in [6.45, 7) is 0.980. The highest BCUT2D eigenvalue weighted by Crippen LogP contribution is 2.29. The molecule has 1 aliphatic rings. The number of nitrogens with zero attached hydrogens (tertiary/aromatic N) is 1. The van der Waals surface area contributed by atoms with Crippen molar-refractivity contribution in [3.63, 3.8) is 0 Å². The van der Waals surface area contributed by atoms with Gasteiger partial charge >= 0.3 is 0 Å². The largest absolute Gasteiger partial charge is 0.398 e. The second-order valence-electron chi connectivity index (χ2n) is 4.45. The molecule has 0 spiro atoms. The Hall–Kier alpha value is -1.62. The van der Waals surface area contributed by atoms with Crippen molar-refractivity contribution >= 4 is 11.6 Å². The molecule has 0 heterocycles. The first-order chi connectivity index (χ1) is 8.63. The molecule has 0 aromatic heterocycles. The topological polar surface area (TPSA) is 55.6 Å². The fourth-order valence-electron chi connectivity index (χ4n) is 1.89. The predicted octanol–water partition coefficient (Wildman–Crippen LogP) is 1.66. The summed E-state index contributed by atoms with van der Waals surface area (Å²) < 4.78 is 18.2. The van der Waals surface area contributed by atoms with Crippen molar-refractivity contribution in [3.8, 4) is 0 Å². The van der Waals surface area contributed by atoms with Gasteiger partial charge in [0.15, 0.2) is 0 Å². The molecule has 0 unspecified atom stereocenters. The average Bonchev–Trinajstić information content (AvgIpc) is 3.17. The number of amides is 1. The summed E-state index contributed by atoms with van der Waals surface area (Å²) >= 11 is 0. The van der Waals surface area contributed by atoms with Crippen molar-refractivity contribution in [2.75, 3.05) is 26.0 Å². The molecule has 0 saturated heterocycles. The van der Waals surface area contributed by atoms with Crippen LogP contribution >= 0.6 is 0 Å². The summed E-state index contributed by atoms with van der Waals surface area (Å²) in [5.41, 5.74) is 6.28. The van der Waals surface area contributed by atoms with Crippen LogP contribution in [0.5, 0.6) is 0 Å². The zero-order valence-corrected chi connectivity index (χ0v) is 10.4. The lowest BCUT2D eigenvalue weighted by atomic mass is 10.1. The number of nitrogen functional groups attached to an aromatic ring is 1. The Morgan fingerprint density at radius 2 is 2.28 bits per heavy atom. The van der Waals surface area contributed by atoms with E-state index in [1.807, 2.05) is 0 Å². The van der Waals surface area contributed by atoms with Gasteiger partial charge in [-0.2, -0.15) is 0 Å². The minimum Gasteiger partial charge on any atom is -0.398 e. The molecule has 0 atom stereocenters. The van der Waals surface area contributed by atoms with Gasteiger partial charge in [0.1, 0.15) is 5.82 Å². The van der Waals surface area contributed by atoms with E-state index >= 15 is 0 Å². The van der Waals surface area contributed by atoms with Crippen molar-refractivity contribution < 1.29 is 13.9 Å². The van der Waals surface area contributed by atoms with Crippen LogP contribution in [0, 0.1) is 5.82 Å². The van der Waals surface area contributed by atoms with Gasteiger partial charge in [-0.25, -0.2) is 4.39 Å². The van der Waals surface area contributed by atoms with E-state index in [1.54, 1.807) is 12.0 Å². The summed E-state index contributed by atoms with van der Waals surface area (Å²) in [5.74, 6) is -0.665. The van der Waals surface area contributed by atoms with E-state index in [2.05, 4.69) is 0 Å². The highest BCUT2D eigenvalue weighted by molar-refractivity contribution is 5.99. The van der Waals surface area contributed by atoms with Crippen molar-refractivity contribution in [1.29, 1.82) is 0 Å². The molecule has 1 saturated carbocycles. The molecule has 1 aliphatic carbocycles. The van der Waals surface area contributed by atoms with Crippen LogP contribution in [-0.2, 0) is 4.74 Å². The Bertz CT molecular complexity index is 447. The monoisotopic (exact) mass is 252 g/mol. The number of hydrogen-bond donors (Lipinski definition) is 1. The van der Waals surface area contributed by atoms with Crippen molar-refractivity contribution in [2.45, 2.75) is 18.9 Å². The molecule has 1 amide bonds. The zero-order chi connectivity index (χ0) is 13.1. The molecule has 0 aliphatic heterocycles. The Balaban J connectivity index is 2.19. The summed E-state index contributed by atoms with van der Waals surface area (Å²) in [7, 11) is 1.59. The van der Waals surface area contributed by atoms with E-state index in [1.165, 1.54) is 18.2 Å². The molecular weight excluding hydrogens is 235 g/mol. The minimum atomic E-state index is -0.449. The Labute approximate surface area is 106 Å². The molecule has 4 nitrogen and oxygen atoms in total. The molecule has 1 aromatic rings. The highest BCUT2D eigenvalue weighted by atomic mass is 19.1. The first-order valence-electron chi connectivity index (χ1n) is 5.98. The number of methoxy groups -OCH3 is 1. The van der Waals surface area contributed by atoms with Crippen LogP contribution in [0.2, 0.25) is 0 Å². The van der Waals surface area contributed by atoms with Gasteiger partial charge < -0.3 is 15.4 Å². The molecule has 0 bridgehead atoms. The summed E-state index contributed by atoms with van der Waals surface area (Å²) in [5, 5.41) is 0. The third-order valence-electron chi connectivity index (χ3n) is 3.03. The number of anilines is 1. The molecular formula is C13H17FN2O2. The molecule has 2 rings (SSSR count). The second kappa shape index (κ2) is 5.35. The third-order valence-corrected chi connectivity index (χ3v) is 3.03. The number of carbonyl (C=O) groups is 1. The van der Waals surface area contributed by atoms with Gasteiger partial charge in [0.25, 0.3) is 5.91 Å². The number of ether oxygens (including phenoxy) is 1. The van der Waals surface area contributed by atoms with Gasteiger partial charge in [-0.15, -0.1) is 0 Å². The van der Waals surface area contributed by atoms with E-state index < -0.39 is 5.82 Å². The van der Waals surface area contributed by atoms with Crippen LogP contribution in [0.4, 0.5) is 10.1 Å². The lowest BCUT2D eigenvalue weighted by molar-refractivity contribution is 0.0681. The first-order valence-corrected chi connectivity index (χ1v) is 5.98. The maximum absolute atomic E-state index is 13.2. The molecule has 0 radical (unpaired) electrons. The third kappa shape index (κ3) is 2.79. The van der Waals surface area contributed by atoms with Crippen LogP contribution in [0.15, 0.2) is 18.2 Å². The van der Waals surface area contributed by atoms with Gasteiger partial charge in [0, 0.05) is 25.4 Å². The van der Waals surface area contributed by atoms with Crippen molar-refractivity contribution in [3.05, 3.63) is 29.6 Å². The Kier molecular flexibility index (Phi) is 3.81. The summed E-state index contributed by atoms with van der Waals surface area (Å²) in [6, 6.07) is 4.11. The van der Waals surface area contributed by atoms with Gasteiger partial charge in [-0.05, 0) is 31.0 Å². The van der Waals surface area contributed by atoms with Gasteiger partial charge in [0.05, 0.1) is 12.2 Å². The molecule has 1 aromatic carbocycles. The fraction of sp³-hybridized carbons (Fsp3) is 0.462. The minimum absolute atomic E-state index is 0.216. The van der Waals surface area contributed by atoms with E-state index in [4.69, 9.17) is 10.5 Å². The quantitative estimate of drug-likeness (QED) is 0.811. The molecule has 1 fully saturated rings. The standard InChI is InChI=1S/C13H17FN2O2/c1-18-7-6-16(10-3-4-10)13(17)11-8-9(14)2-5-12(11)15/h2,5,8,10H,3-4,6-7,15H2,1H3. The number of carbonyl (C=O) groups excluding carboxylic acids is 1. The number of hydrogen-bond acceptors (Lipinski definition) is 3. The lowest BCUT2D eigenvalue weighted by Gasteiger charge is -2.22. The van der Waals surface area contributed by atoms with E-state index in [0.29, 0.717) is 18.8 Å². The number of benzene rings is 1. The van der Waals surface area contributed by atoms with Crippen molar-refractivity contribution in [2.24, 2.45) is 0 Å². The highest BCUT2D eigenvalue weighted by Gasteiger charge is 2.33. The van der Waals surface area contributed by atoms with Crippen molar-refractivity contribution in [1.82, 2.24) is 4.90 Å². The molecule has 2 N–H and O–H groups in total. The lowest BCUT2D eigenvalue weighted by Crippen LogP contribution is -2.36. The van der Waals surface area contributed by atoms with E-state index in [0.717, 1.165) is 12.8 Å². The van der Waals surface area contributed by atoms with E-state index in [-0.39, 0.29) is 17.5 Å². The van der Waals surface area contributed by atoms with Crippen LogP contribution in [0.1, 0.15) is 23.2 Å². The molecule has 98 valence electrons.